The molecule has 3 amide bonds. The molecule has 0 aromatic heterocycles. The number of amides is 3. The third-order valence-corrected chi connectivity index (χ3v) is 6.95. The number of ether oxygens (including phenoxy) is 3. The van der Waals surface area contributed by atoms with Crippen LogP contribution in [0.1, 0.15) is 58.6 Å². The summed E-state index contributed by atoms with van der Waals surface area (Å²) >= 11 is 0. The standard InChI is InChI=1S/C32H43N3O7/c1-22(33-31(39)41-21-25-16-11-8-12-17-25)28(36)35-19-13-18-26(35)29(37)34(6)27(30(38)42-32(3,4)5)23(2)40-20-24-14-9-7-10-15-24/h7-12,14-17,22-23,26-27H,13,18-21H2,1-6H3,(H,33,39)/t22-,23+,26-,27-/m0/s1. The number of nitrogens with zero attached hydrogens (tertiary/aromatic N) is 2. The molecule has 1 N–H and O–H groups in total. The van der Waals surface area contributed by atoms with E-state index in [-0.39, 0.29) is 13.2 Å². The first-order chi connectivity index (χ1) is 19.9. The summed E-state index contributed by atoms with van der Waals surface area (Å²) in [4.78, 5) is 55.6. The maximum atomic E-state index is 13.8. The van der Waals surface area contributed by atoms with Gasteiger partial charge in [-0.05, 0) is 58.6 Å². The lowest BCUT2D eigenvalue weighted by molar-refractivity contribution is -0.171. The van der Waals surface area contributed by atoms with E-state index < -0.39 is 53.7 Å². The first-order valence-corrected chi connectivity index (χ1v) is 14.3. The average molecular weight is 582 g/mol. The summed E-state index contributed by atoms with van der Waals surface area (Å²) in [6.45, 7) is 9.23. The zero-order valence-electron chi connectivity index (χ0n) is 25.4. The van der Waals surface area contributed by atoms with Gasteiger partial charge in [0.2, 0.25) is 11.8 Å². The molecule has 1 aliphatic heterocycles. The van der Waals surface area contributed by atoms with Crippen molar-refractivity contribution >= 4 is 23.9 Å². The van der Waals surface area contributed by atoms with Gasteiger partial charge in [-0.25, -0.2) is 9.59 Å². The van der Waals surface area contributed by atoms with E-state index in [2.05, 4.69) is 5.32 Å². The van der Waals surface area contributed by atoms with Crippen molar-refractivity contribution in [3.05, 3.63) is 71.8 Å². The second-order valence-corrected chi connectivity index (χ2v) is 11.5. The molecule has 10 nitrogen and oxygen atoms in total. The van der Waals surface area contributed by atoms with Gasteiger partial charge in [0.05, 0.1) is 12.7 Å². The van der Waals surface area contributed by atoms with E-state index in [1.54, 1.807) is 34.6 Å². The van der Waals surface area contributed by atoms with Crippen LogP contribution in [0.25, 0.3) is 0 Å². The molecule has 1 fully saturated rings. The summed E-state index contributed by atoms with van der Waals surface area (Å²) in [5.74, 6) is -1.39. The number of nitrogens with one attached hydrogen (secondary N) is 1. The number of carbonyl (C=O) groups is 4. The first kappa shape index (κ1) is 32.6. The summed E-state index contributed by atoms with van der Waals surface area (Å²) < 4.78 is 16.9. The molecule has 0 saturated carbocycles. The van der Waals surface area contributed by atoms with Crippen molar-refractivity contribution in [3.8, 4) is 0 Å². The predicted molar refractivity (Wildman–Crippen MR) is 157 cm³/mol. The van der Waals surface area contributed by atoms with Crippen LogP contribution in [0, 0.1) is 0 Å². The Morgan fingerprint density at radius 3 is 2.10 bits per heavy atom. The molecule has 228 valence electrons. The molecule has 2 aromatic carbocycles. The Hall–Kier alpha value is -3.92. The SMILES string of the molecule is C[C@H](NC(=O)OCc1ccccc1)C(=O)N1CCC[C@H]1C(=O)N(C)[C@H](C(=O)OC(C)(C)C)[C@@H](C)OCc1ccccc1. The minimum atomic E-state index is -1.04. The highest BCUT2D eigenvalue weighted by Crippen LogP contribution is 2.23. The molecular formula is C32H43N3O7. The van der Waals surface area contributed by atoms with Gasteiger partial charge >= 0.3 is 12.1 Å². The zero-order valence-corrected chi connectivity index (χ0v) is 25.4. The van der Waals surface area contributed by atoms with Gasteiger partial charge in [0.15, 0.2) is 6.04 Å². The zero-order chi connectivity index (χ0) is 30.9. The molecule has 4 atom stereocenters. The van der Waals surface area contributed by atoms with Crippen molar-refractivity contribution < 1.29 is 33.4 Å². The van der Waals surface area contributed by atoms with E-state index in [0.717, 1.165) is 11.1 Å². The van der Waals surface area contributed by atoms with Crippen molar-refractivity contribution in [1.82, 2.24) is 15.1 Å². The lowest BCUT2D eigenvalue weighted by Crippen LogP contribution is -2.57. The minimum absolute atomic E-state index is 0.0692. The summed E-state index contributed by atoms with van der Waals surface area (Å²) in [6, 6.07) is 16.0. The Labute approximate surface area is 248 Å². The van der Waals surface area contributed by atoms with E-state index in [1.165, 1.54) is 16.8 Å². The molecular weight excluding hydrogens is 538 g/mol. The summed E-state index contributed by atoms with van der Waals surface area (Å²) in [5.41, 5.74) is 0.975. The van der Waals surface area contributed by atoms with Crippen molar-refractivity contribution in [1.29, 1.82) is 0 Å². The molecule has 0 spiro atoms. The number of hydrogen-bond acceptors (Lipinski definition) is 7. The van der Waals surface area contributed by atoms with Gasteiger partial charge in [0.1, 0.15) is 24.3 Å². The van der Waals surface area contributed by atoms with E-state index in [1.807, 2.05) is 60.7 Å². The molecule has 10 heteroatoms. The molecule has 1 aliphatic rings. The highest BCUT2D eigenvalue weighted by Gasteiger charge is 2.43. The van der Waals surface area contributed by atoms with E-state index in [0.29, 0.717) is 19.4 Å². The minimum Gasteiger partial charge on any atom is -0.458 e. The van der Waals surface area contributed by atoms with Gasteiger partial charge in [-0.3, -0.25) is 9.59 Å². The van der Waals surface area contributed by atoms with Gasteiger partial charge < -0.3 is 29.3 Å². The maximum absolute atomic E-state index is 13.8. The van der Waals surface area contributed by atoms with Gasteiger partial charge in [0.25, 0.3) is 0 Å². The Kier molecular flexibility index (Phi) is 11.5. The molecule has 0 radical (unpaired) electrons. The van der Waals surface area contributed by atoms with E-state index in [9.17, 15) is 19.2 Å². The topological polar surface area (TPSA) is 114 Å². The van der Waals surface area contributed by atoms with Crippen molar-refractivity contribution in [3.63, 3.8) is 0 Å². The van der Waals surface area contributed by atoms with Gasteiger partial charge in [0, 0.05) is 13.6 Å². The molecule has 2 aromatic rings. The number of rotatable bonds is 11. The lowest BCUT2D eigenvalue weighted by atomic mass is 10.1. The quantitative estimate of drug-likeness (QED) is 0.398. The van der Waals surface area contributed by atoms with Crippen LogP contribution in [0.15, 0.2) is 60.7 Å². The van der Waals surface area contributed by atoms with Crippen molar-refractivity contribution in [2.75, 3.05) is 13.6 Å². The largest absolute Gasteiger partial charge is 0.458 e. The molecule has 1 heterocycles. The molecule has 42 heavy (non-hydrogen) atoms. The average Bonchev–Trinajstić information content (AvgIpc) is 3.44. The number of benzene rings is 2. The lowest BCUT2D eigenvalue weighted by Gasteiger charge is -2.36. The van der Waals surface area contributed by atoms with Crippen LogP contribution in [0.4, 0.5) is 4.79 Å². The first-order valence-electron chi connectivity index (χ1n) is 14.3. The third-order valence-electron chi connectivity index (χ3n) is 6.95. The summed E-state index contributed by atoms with van der Waals surface area (Å²) in [5, 5.41) is 2.56. The van der Waals surface area contributed by atoms with Crippen LogP contribution in [0.2, 0.25) is 0 Å². The van der Waals surface area contributed by atoms with Crippen LogP contribution >= 0.6 is 0 Å². The van der Waals surface area contributed by atoms with E-state index in [4.69, 9.17) is 14.2 Å². The second-order valence-electron chi connectivity index (χ2n) is 11.5. The Morgan fingerprint density at radius 2 is 1.52 bits per heavy atom. The summed E-state index contributed by atoms with van der Waals surface area (Å²) in [7, 11) is 1.53. The van der Waals surface area contributed by atoms with Crippen LogP contribution in [-0.2, 0) is 41.8 Å². The number of likely N-dealkylation sites (N-methyl/N-ethyl adjacent to an activating group) is 1. The van der Waals surface area contributed by atoms with Crippen molar-refractivity contribution in [2.45, 2.75) is 90.5 Å². The van der Waals surface area contributed by atoms with Gasteiger partial charge in [-0.15, -0.1) is 0 Å². The summed E-state index contributed by atoms with van der Waals surface area (Å²) in [6.07, 6.45) is -0.383. The van der Waals surface area contributed by atoms with Crippen LogP contribution in [-0.4, -0.2) is 77.1 Å². The van der Waals surface area contributed by atoms with Crippen molar-refractivity contribution in [2.24, 2.45) is 0 Å². The van der Waals surface area contributed by atoms with Crippen LogP contribution in [0.3, 0.4) is 0 Å². The third kappa shape index (κ3) is 9.30. The monoisotopic (exact) mass is 581 g/mol. The van der Waals surface area contributed by atoms with Crippen LogP contribution < -0.4 is 5.32 Å². The molecule has 1 saturated heterocycles. The second kappa shape index (κ2) is 14.8. The normalized spacial score (nSPS) is 17.1. The fraction of sp³-hybridized carbons (Fsp3) is 0.500. The smallest absolute Gasteiger partial charge is 0.408 e. The Balaban J connectivity index is 1.67. The van der Waals surface area contributed by atoms with Gasteiger partial charge in [-0.2, -0.15) is 0 Å². The highest BCUT2D eigenvalue weighted by molar-refractivity contribution is 5.93. The molecule has 0 aliphatic carbocycles. The number of hydrogen-bond donors (Lipinski definition) is 1. The Morgan fingerprint density at radius 1 is 0.952 bits per heavy atom. The number of esters is 1. The molecule has 0 bridgehead atoms. The maximum Gasteiger partial charge on any atom is 0.408 e. The predicted octanol–water partition coefficient (Wildman–Crippen LogP) is 4.07. The molecule has 0 unspecified atom stereocenters. The van der Waals surface area contributed by atoms with Crippen LogP contribution in [0.5, 0.6) is 0 Å². The Bertz CT molecular complexity index is 1200. The highest BCUT2D eigenvalue weighted by atomic mass is 16.6. The number of carbonyl (C=O) groups excluding carboxylic acids is 4. The fourth-order valence-electron chi connectivity index (χ4n) is 4.83. The van der Waals surface area contributed by atoms with Gasteiger partial charge in [-0.1, -0.05) is 60.7 Å². The number of likely N-dealkylation sites (tertiary alicyclic amines) is 1. The number of alkyl carbamates (subject to hydrolysis) is 1. The fourth-order valence-corrected chi connectivity index (χ4v) is 4.83. The van der Waals surface area contributed by atoms with E-state index >= 15 is 0 Å². The molecule has 3 rings (SSSR count).